The molecule has 3 aromatic rings. The number of hydrogen-bond acceptors (Lipinski definition) is 6. The maximum atomic E-state index is 9.49. The van der Waals surface area contributed by atoms with Gasteiger partial charge in [-0.3, -0.25) is 0 Å². The van der Waals surface area contributed by atoms with Crippen LogP contribution in [0.25, 0.3) is 0 Å². The molecule has 0 saturated carbocycles. The number of anilines is 1. The third-order valence-electron chi connectivity index (χ3n) is 4.92. The monoisotopic (exact) mass is 408 g/mol. The highest BCUT2D eigenvalue weighted by Gasteiger charge is 2.28. The quantitative estimate of drug-likeness (QED) is 0.356. The first-order valence-electron chi connectivity index (χ1n) is 9.48. The van der Waals surface area contributed by atoms with Gasteiger partial charge in [-0.2, -0.15) is 0 Å². The lowest BCUT2D eigenvalue weighted by Crippen LogP contribution is -2.23. The predicted octanol–water partition coefficient (Wildman–Crippen LogP) is 4.53. The van der Waals surface area contributed by atoms with Crippen LogP contribution < -0.4 is 10.1 Å². The largest absolute Gasteiger partial charge is 0.492 e. The Labute approximate surface area is 174 Å². The van der Waals surface area contributed by atoms with Crippen molar-refractivity contribution in [2.45, 2.75) is 18.8 Å². The second-order valence-electron chi connectivity index (χ2n) is 6.82. The Morgan fingerprint density at radius 2 is 1.90 bits per heavy atom. The number of rotatable bonds is 6. The number of para-hydroxylation sites is 1. The number of ether oxygens (including phenoxy) is 1. The smallest absolute Gasteiger partial charge is 0.223 e. The van der Waals surface area contributed by atoms with Crippen LogP contribution in [0.15, 0.2) is 65.9 Å². The van der Waals surface area contributed by atoms with Crippen LogP contribution in [0.5, 0.6) is 5.75 Å². The fourth-order valence-corrected chi connectivity index (χ4v) is 3.81. The molecule has 0 spiro atoms. The second-order valence-corrected chi connectivity index (χ2v) is 7.22. The first kappa shape index (κ1) is 19.2. The van der Waals surface area contributed by atoms with Crippen molar-refractivity contribution in [1.82, 2.24) is 9.97 Å². The van der Waals surface area contributed by atoms with E-state index in [9.17, 15) is 5.21 Å². The zero-order valence-electron chi connectivity index (χ0n) is 15.8. The number of nitrogens with zero attached hydrogens (tertiary/aromatic N) is 3. The molecule has 0 unspecified atom stereocenters. The Hall–Kier alpha value is -3.12. The van der Waals surface area contributed by atoms with E-state index in [0.717, 1.165) is 22.6 Å². The minimum atomic E-state index is 0.103. The molecule has 0 amide bonds. The highest BCUT2D eigenvalue weighted by atomic mass is 35.5. The molecule has 148 valence electrons. The topological polar surface area (TPSA) is 79.6 Å². The molecule has 29 heavy (non-hydrogen) atoms. The molecular formula is C22H21ClN4O2. The summed E-state index contributed by atoms with van der Waals surface area (Å²) in [7, 11) is 0. The summed E-state index contributed by atoms with van der Waals surface area (Å²) >= 11 is 6.38. The summed E-state index contributed by atoms with van der Waals surface area (Å²) < 4.78 is 5.68. The van der Waals surface area contributed by atoms with E-state index >= 15 is 0 Å². The summed E-state index contributed by atoms with van der Waals surface area (Å²) in [6.45, 7) is 1.07. The first-order chi connectivity index (χ1) is 14.2. The minimum Gasteiger partial charge on any atom is -0.492 e. The number of hydrogen-bond donors (Lipinski definition) is 2. The Morgan fingerprint density at radius 3 is 2.69 bits per heavy atom. The van der Waals surface area contributed by atoms with Gasteiger partial charge in [-0.15, -0.1) is 0 Å². The average Bonchev–Trinajstić information content (AvgIpc) is 2.77. The van der Waals surface area contributed by atoms with Crippen molar-refractivity contribution in [2.24, 2.45) is 5.16 Å². The van der Waals surface area contributed by atoms with Crippen molar-refractivity contribution in [1.29, 1.82) is 0 Å². The van der Waals surface area contributed by atoms with Gasteiger partial charge in [0.15, 0.2) is 0 Å². The fraction of sp³-hybridized carbons (Fsp3) is 0.227. The van der Waals surface area contributed by atoms with Crippen molar-refractivity contribution in [2.75, 3.05) is 18.5 Å². The van der Waals surface area contributed by atoms with Gasteiger partial charge in [0.25, 0.3) is 0 Å². The molecule has 7 heteroatoms. The van der Waals surface area contributed by atoms with Gasteiger partial charge < -0.3 is 15.3 Å². The molecular weight excluding hydrogens is 388 g/mol. The molecule has 0 bridgehead atoms. The van der Waals surface area contributed by atoms with Gasteiger partial charge in [0.05, 0.1) is 18.0 Å². The van der Waals surface area contributed by atoms with Gasteiger partial charge in [0.1, 0.15) is 12.4 Å². The molecule has 0 radical (unpaired) electrons. The normalized spacial score (nSPS) is 17.0. The van der Waals surface area contributed by atoms with E-state index in [0.29, 0.717) is 42.7 Å². The average molecular weight is 409 g/mol. The fourth-order valence-electron chi connectivity index (χ4n) is 3.52. The summed E-state index contributed by atoms with van der Waals surface area (Å²) in [6.07, 6.45) is 3.00. The zero-order valence-corrected chi connectivity index (χ0v) is 16.5. The number of halogens is 1. The standard InChI is InChI=1S/C22H21ClN4O2/c23-19-9-5-4-8-17(19)15-12-20-18(21(13-15)27-28)14-25-22(26-20)24-10-11-29-16-6-2-1-3-7-16/h1-9,14-15,28H,10-13H2,(H,24,25,26)/b27-21+/t15-/m1/s1. The van der Waals surface area contributed by atoms with Gasteiger partial charge in [-0.25, -0.2) is 9.97 Å². The van der Waals surface area contributed by atoms with E-state index in [1.807, 2.05) is 54.6 Å². The Kier molecular flexibility index (Phi) is 5.91. The summed E-state index contributed by atoms with van der Waals surface area (Å²) in [5.74, 6) is 1.45. The minimum absolute atomic E-state index is 0.103. The molecule has 1 heterocycles. The molecule has 1 aliphatic carbocycles. The second kappa shape index (κ2) is 8.92. The maximum Gasteiger partial charge on any atom is 0.223 e. The molecule has 1 aromatic heterocycles. The molecule has 6 nitrogen and oxygen atoms in total. The third kappa shape index (κ3) is 4.49. The van der Waals surface area contributed by atoms with E-state index in [4.69, 9.17) is 16.3 Å². The van der Waals surface area contributed by atoms with Crippen LogP contribution in [0.3, 0.4) is 0 Å². The summed E-state index contributed by atoms with van der Waals surface area (Å²) in [4.78, 5) is 9.00. The van der Waals surface area contributed by atoms with E-state index in [1.54, 1.807) is 6.20 Å². The van der Waals surface area contributed by atoms with Crippen LogP contribution >= 0.6 is 11.6 Å². The van der Waals surface area contributed by atoms with Crippen LogP contribution in [0.2, 0.25) is 5.02 Å². The molecule has 1 aliphatic rings. The van der Waals surface area contributed by atoms with Crippen molar-refractivity contribution >= 4 is 23.3 Å². The summed E-state index contributed by atoms with van der Waals surface area (Å²) in [5.41, 5.74) is 3.23. The molecule has 0 saturated heterocycles. The Balaban J connectivity index is 1.45. The molecule has 2 aromatic carbocycles. The number of benzene rings is 2. The van der Waals surface area contributed by atoms with E-state index in [2.05, 4.69) is 20.4 Å². The summed E-state index contributed by atoms with van der Waals surface area (Å²) in [5, 5.41) is 16.9. The van der Waals surface area contributed by atoms with Crippen LogP contribution in [-0.4, -0.2) is 34.0 Å². The van der Waals surface area contributed by atoms with Crippen LogP contribution in [0, 0.1) is 0 Å². The molecule has 4 rings (SSSR count). The highest BCUT2D eigenvalue weighted by Crippen LogP contribution is 2.35. The van der Waals surface area contributed by atoms with Gasteiger partial charge in [-0.05, 0) is 36.1 Å². The molecule has 0 fully saturated rings. The van der Waals surface area contributed by atoms with Crippen LogP contribution in [0.4, 0.5) is 5.95 Å². The SMILES string of the molecule is O/N=C1\C[C@H](c2ccccc2Cl)Cc2nc(NCCOc3ccccc3)ncc21. The van der Waals surface area contributed by atoms with Gasteiger partial charge >= 0.3 is 0 Å². The number of nitrogens with one attached hydrogen (secondary N) is 1. The lowest BCUT2D eigenvalue weighted by Gasteiger charge is -2.25. The zero-order chi connectivity index (χ0) is 20.1. The number of fused-ring (bicyclic) bond motifs is 1. The summed E-state index contributed by atoms with van der Waals surface area (Å²) in [6, 6.07) is 17.4. The maximum absolute atomic E-state index is 9.49. The Bertz CT molecular complexity index is 1010. The lowest BCUT2D eigenvalue weighted by molar-refractivity contribution is 0.316. The first-order valence-corrected chi connectivity index (χ1v) is 9.85. The number of oxime groups is 1. The molecule has 1 atom stereocenters. The van der Waals surface area contributed by atoms with Crippen molar-refractivity contribution in [3.63, 3.8) is 0 Å². The molecule has 2 N–H and O–H groups in total. The molecule has 0 aliphatic heterocycles. The highest BCUT2D eigenvalue weighted by molar-refractivity contribution is 6.31. The Morgan fingerprint density at radius 1 is 1.10 bits per heavy atom. The number of aromatic nitrogens is 2. The van der Waals surface area contributed by atoms with Gasteiger partial charge in [0, 0.05) is 23.2 Å². The van der Waals surface area contributed by atoms with E-state index in [1.165, 1.54) is 0 Å². The lowest BCUT2D eigenvalue weighted by atomic mass is 9.82. The van der Waals surface area contributed by atoms with Crippen molar-refractivity contribution < 1.29 is 9.94 Å². The van der Waals surface area contributed by atoms with Gasteiger partial charge in [-0.1, -0.05) is 53.2 Å². The van der Waals surface area contributed by atoms with Crippen molar-refractivity contribution in [3.05, 3.63) is 82.6 Å². The van der Waals surface area contributed by atoms with Crippen molar-refractivity contribution in [3.8, 4) is 5.75 Å². The van der Waals surface area contributed by atoms with E-state index in [-0.39, 0.29) is 5.92 Å². The van der Waals surface area contributed by atoms with E-state index < -0.39 is 0 Å². The predicted molar refractivity (Wildman–Crippen MR) is 113 cm³/mol. The van der Waals surface area contributed by atoms with Gasteiger partial charge in [0.2, 0.25) is 5.95 Å². The third-order valence-corrected chi connectivity index (χ3v) is 5.27. The van der Waals surface area contributed by atoms with Crippen LogP contribution in [-0.2, 0) is 6.42 Å². The van der Waals surface area contributed by atoms with Crippen LogP contribution in [0.1, 0.15) is 29.2 Å².